The molecule has 0 aliphatic rings. The molecule has 7 heteroatoms. The molecule has 1 aromatic heterocycles. The summed E-state index contributed by atoms with van der Waals surface area (Å²) in [7, 11) is 1.69. The van der Waals surface area contributed by atoms with Gasteiger partial charge in [0.1, 0.15) is 11.6 Å². The fraction of sp³-hybridized carbons (Fsp3) is 0.143. The number of aromatic nitrogens is 1. The van der Waals surface area contributed by atoms with Crippen LogP contribution >= 0.6 is 11.6 Å². The van der Waals surface area contributed by atoms with Crippen molar-refractivity contribution in [2.24, 2.45) is 0 Å². The highest BCUT2D eigenvalue weighted by atomic mass is 35.5. The predicted octanol–water partition coefficient (Wildman–Crippen LogP) is 3.15. The minimum Gasteiger partial charge on any atom is -0.350 e. The third-order valence-corrected chi connectivity index (χ3v) is 3.15. The summed E-state index contributed by atoms with van der Waals surface area (Å²) < 4.78 is 0. The molecule has 106 valence electrons. The molecule has 0 atom stereocenters. The first kappa shape index (κ1) is 14.8. The van der Waals surface area contributed by atoms with Crippen LogP contribution in [0, 0.1) is 21.4 Å². The Kier molecular flexibility index (Phi) is 4.36. The Labute approximate surface area is 126 Å². The number of hydrogen-bond acceptors (Lipinski definition) is 5. The largest absolute Gasteiger partial charge is 0.350 e. The van der Waals surface area contributed by atoms with Crippen LogP contribution in [-0.2, 0) is 6.54 Å². The van der Waals surface area contributed by atoms with Gasteiger partial charge >= 0.3 is 5.69 Å². The molecule has 0 aliphatic heterocycles. The van der Waals surface area contributed by atoms with E-state index in [0.717, 1.165) is 5.56 Å². The van der Waals surface area contributed by atoms with Crippen molar-refractivity contribution in [2.45, 2.75) is 6.54 Å². The van der Waals surface area contributed by atoms with Gasteiger partial charge in [-0.15, -0.1) is 0 Å². The molecule has 0 amide bonds. The molecular formula is C14H11ClN4O2. The molecule has 0 unspecified atom stereocenters. The summed E-state index contributed by atoms with van der Waals surface area (Å²) in [6, 6.07) is 10.3. The highest BCUT2D eigenvalue weighted by Gasteiger charge is 2.23. The van der Waals surface area contributed by atoms with Crippen molar-refractivity contribution in [2.75, 3.05) is 11.9 Å². The van der Waals surface area contributed by atoms with E-state index in [2.05, 4.69) is 4.98 Å². The normalized spacial score (nSPS) is 9.95. The maximum atomic E-state index is 11.2. The lowest BCUT2D eigenvalue weighted by atomic mass is 10.2. The molecule has 0 aliphatic carbocycles. The van der Waals surface area contributed by atoms with Gasteiger partial charge in [0.15, 0.2) is 0 Å². The number of hydrogen-bond donors (Lipinski definition) is 0. The molecule has 1 heterocycles. The molecule has 21 heavy (non-hydrogen) atoms. The Bertz CT molecular complexity index is 710. The fourth-order valence-corrected chi connectivity index (χ4v) is 2.06. The molecule has 1 aromatic carbocycles. The highest BCUT2D eigenvalue weighted by Crippen LogP contribution is 2.29. The van der Waals surface area contributed by atoms with Crippen LogP contribution < -0.4 is 4.90 Å². The van der Waals surface area contributed by atoms with Crippen LogP contribution in [0.5, 0.6) is 0 Å². The van der Waals surface area contributed by atoms with Crippen LogP contribution in [0.4, 0.5) is 11.5 Å². The van der Waals surface area contributed by atoms with Gasteiger partial charge < -0.3 is 4.90 Å². The fourth-order valence-electron chi connectivity index (χ4n) is 1.93. The van der Waals surface area contributed by atoms with Crippen LogP contribution in [0.3, 0.4) is 0 Å². The van der Waals surface area contributed by atoms with Crippen LogP contribution in [0.15, 0.2) is 36.5 Å². The number of nitriles is 1. The van der Waals surface area contributed by atoms with Crippen molar-refractivity contribution in [1.29, 1.82) is 5.26 Å². The van der Waals surface area contributed by atoms with Crippen LogP contribution in [0.2, 0.25) is 5.02 Å². The van der Waals surface area contributed by atoms with Gasteiger partial charge in [-0.3, -0.25) is 10.1 Å². The summed E-state index contributed by atoms with van der Waals surface area (Å²) in [6.45, 7) is 0.417. The summed E-state index contributed by atoms with van der Waals surface area (Å²) in [5, 5.41) is 20.8. The average Bonchev–Trinajstić information content (AvgIpc) is 2.48. The van der Waals surface area contributed by atoms with Crippen LogP contribution in [0.1, 0.15) is 11.1 Å². The first-order chi connectivity index (χ1) is 10.0. The van der Waals surface area contributed by atoms with Crippen molar-refractivity contribution < 1.29 is 4.92 Å². The van der Waals surface area contributed by atoms with Crippen molar-refractivity contribution in [3.63, 3.8) is 0 Å². The maximum absolute atomic E-state index is 11.2. The smallest absolute Gasteiger partial charge is 0.329 e. The zero-order valence-electron chi connectivity index (χ0n) is 11.2. The lowest BCUT2D eigenvalue weighted by Gasteiger charge is -2.18. The first-order valence-corrected chi connectivity index (χ1v) is 6.40. The number of nitrogens with zero attached hydrogens (tertiary/aromatic N) is 4. The molecular weight excluding hydrogens is 292 g/mol. The number of halogens is 1. The number of pyridine rings is 1. The van der Waals surface area contributed by atoms with E-state index in [0.29, 0.717) is 11.6 Å². The Balaban J connectivity index is 2.35. The lowest BCUT2D eigenvalue weighted by molar-refractivity contribution is -0.384. The SMILES string of the molecule is CN(Cc1ccc(Cl)cc1)c1nccc(C#N)c1[N+](=O)[O-]. The number of nitro groups is 1. The van der Waals surface area contributed by atoms with Gasteiger partial charge in [-0.05, 0) is 23.8 Å². The van der Waals surface area contributed by atoms with E-state index >= 15 is 0 Å². The molecule has 0 bridgehead atoms. The Morgan fingerprint density at radius 2 is 2.05 bits per heavy atom. The van der Waals surface area contributed by atoms with Gasteiger partial charge in [0.05, 0.1) is 4.92 Å². The quantitative estimate of drug-likeness (QED) is 0.640. The van der Waals surface area contributed by atoms with E-state index in [1.165, 1.54) is 12.3 Å². The van der Waals surface area contributed by atoms with Gasteiger partial charge in [0.25, 0.3) is 0 Å². The van der Waals surface area contributed by atoms with Crippen molar-refractivity contribution in [3.8, 4) is 6.07 Å². The van der Waals surface area contributed by atoms with Crippen molar-refractivity contribution in [1.82, 2.24) is 4.98 Å². The average molecular weight is 303 g/mol. The second-order valence-corrected chi connectivity index (χ2v) is 4.82. The zero-order chi connectivity index (χ0) is 15.4. The Hall–Kier alpha value is -2.65. The highest BCUT2D eigenvalue weighted by molar-refractivity contribution is 6.30. The van der Waals surface area contributed by atoms with Gasteiger partial charge in [-0.25, -0.2) is 4.98 Å². The molecule has 0 saturated carbocycles. The van der Waals surface area contributed by atoms with Gasteiger partial charge in [-0.1, -0.05) is 23.7 Å². The molecule has 0 radical (unpaired) electrons. The molecule has 2 rings (SSSR count). The monoisotopic (exact) mass is 302 g/mol. The molecule has 0 saturated heterocycles. The minimum atomic E-state index is -0.584. The number of anilines is 1. The number of rotatable bonds is 4. The third kappa shape index (κ3) is 3.27. The summed E-state index contributed by atoms with van der Waals surface area (Å²) in [5.74, 6) is 0.161. The van der Waals surface area contributed by atoms with Gasteiger partial charge in [0.2, 0.25) is 5.82 Å². The second-order valence-electron chi connectivity index (χ2n) is 4.38. The lowest BCUT2D eigenvalue weighted by Crippen LogP contribution is -2.19. The van der Waals surface area contributed by atoms with Gasteiger partial charge in [0, 0.05) is 24.8 Å². The van der Waals surface area contributed by atoms with Gasteiger partial charge in [-0.2, -0.15) is 5.26 Å². The van der Waals surface area contributed by atoms with Crippen molar-refractivity contribution >= 4 is 23.1 Å². The topological polar surface area (TPSA) is 83.1 Å². The maximum Gasteiger partial charge on any atom is 0.329 e. The molecule has 0 N–H and O–H groups in total. The molecule has 2 aromatic rings. The minimum absolute atomic E-state index is 0.00652. The Morgan fingerprint density at radius 1 is 1.38 bits per heavy atom. The second kappa shape index (κ2) is 6.20. The molecule has 0 spiro atoms. The number of benzene rings is 1. The van der Waals surface area contributed by atoms with E-state index in [1.807, 2.05) is 18.2 Å². The summed E-state index contributed by atoms with van der Waals surface area (Å²) in [5.41, 5.74) is 0.643. The standard InChI is InChI=1S/C14H11ClN4O2/c1-18(9-10-2-4-12(15)5-3-10)14-13(19(20)21)11(8-16)6-7-17-14/h2-7H,9H2,1H3. The van der Waals surface area contributed by atoms with Crippen LogP contribution in [0.25, 0.3) is 0 Å². The zero-order valence-corrected chi connectivity index (χ0v) is 11.9. The third-order valence-electron chi connectivity index (χ3n) is 2.90. The van der Waals surface area contributed by atoms with E-state index in [1.54, 1.807) is 24.1 Å². The molecule has 0 fully saturated rings. The van der Waals surface area contributed by atoms with Crippen LogP contribution in [-0.4, -0.2) is 17.0 Å². The van der Waals surface area contributed by atoms with E-state index in [4.69, 9.17) is 16.9 Å². The van der Waals surface area contributed by atoms with E-state index < -0.39 is 4.92 Å². The van der Waals surface area contributed by atoms with E-state index in [9.17, 15) is 10.1 Å². The van der Waals surface area contributed by atoms with E-state index in [-0.39, 0.29) is 17.1 Å². The summed E-state index contributed by atoms with van der Waals surface area (Å²) in [6.07, 6.45) is 1.39. The Morgan fingerprint density at radius 3 is 2.62 bits per heavy atom. The predicted molar refractivity (Wildman–Crippen MR) is 79.2 cm³/mol. The summed E-state index contributed by atoms with van der Waals surface area (Å²) >= 11 is 5.82. The summed E-state index contributed by atoms with van der Waals surface area (Å²) in [4.78, 5) is 16.2. The first-order valence-electron chi connectivity index (χ1n) is 6.02. The molecule has 6 nitrogen and oxygen atoms in total. The van der Waals surface area contributed by atoms with Crippen molar-refractivity contribution in [3.05, 3.63) is 62.8 Å².